The maximum absolute atomic E-state index is 11.2. The van der Waals surface area contributed by atoms with Gasteiger partial charge >= 0.3 is 0 Å². The maximum Gasteiger partial charge on any atom is 0.270 e. The zero-order chi connectivity index (χ0) is 21.5. The summed E-state index contributed by atoms with van der Waals surface area (Å²) >= 11 is 0. The van der Waals surface area contributed by atoms with Crippen molar-refractivity contribution in [3.05, 3.63) is 56.8 Å². The van der Waals surface area contributed by atoms with Crippen molar-refractivity contribution in [3.8, 4) is 6.07 Å². The molecule has 0 aliphatic carbocycles. The van der Waals surface area contributed by atoms with Crippen molar-refractivity contribution < 1.29 is 9.66 Å². The van der Waals surface area contributed by atoms with Crippen LogP contribution in [0.15, 0.2) is 29.4 Å². The molecule has 9 nitrogen and oxygen atoms in total. The van der Waals surface area contributed by atoms with Gasteiger partial charge in [-0.2, -0.15) is 10.4 Å². The van der Waals surface area contributed by atoms with Crippen LogP contribution in [0, 0.1) is 28.4 Å². The minimum absolute atomic E-state index is 0.00554. The number of aryl methyl sites for hydroxylation is 1. The molecule has 3 rings (SSSR count). The number of nitrogens with zero attached hydrogens (tertiary/aromatic N) is 5. The van der Waals surface area contributed by atoms with Gasteiger partial charge in [-0.1, -0.05) is 0 Å². The topological polar surface area (TPSA) is 117 Å². The number of nitrogens with one attached hydrogen (secondary N) is 1. The highest BCUT2D eigenvalue weighted by molar-refractivity contribution is 5.89. The van der Waals surface area contributed by atoms with Crippen molar-refractivity contribution in [2.75, 3.05) is 30.5 Å². The standard InChI is InChI=1S/C21H24N6O3/c1-15-10-17(14-30-2)19(12-22)21(24-15)25-23-13-16-11-18(27(28)29)6-7-20(16)26-8-4-3-5-9-26/h6-7,10-11,13H,3-5,8-9,14H2,1-2H3,(H,24,25)/b23-13+. The van der Waals surface area contributed by atoms with Crippen molar-refractivity contribution in [1.29, 1.82) is 5.26 Å². The van der Waals surface area contributed by atoms with Gasteiger partial charge in [0.15, 0.2) is 5.82 Å². The number of anilines is 2. The third kappa shape index (κ3) is 4.90. The molecular formula is C21H24N6O3. The molecule has 1 N–H and O–H groups in total. The lowest BCUT2D eigenvalue weighted by molar-refractivity contribution is -0.384. The Balaban J connectivity index is 1.91. The Morgan fingerprint density at radius 3 is 2.80 bits per heavy atom. The van der Waals surface area contributed by atoms with Crippen molar-refractivity contribution in [1.82, 2.24) is 4.98 Å². The van der Waals surface area contributed by atoms with Crippen LogP contribution in [0.1, 0.15) is 41.6 Å². The molecule has 0 atom stereocenters. The van der Waals surface area contributed by atoms with E-state index in [-0.39, 0.29) is 12.3 Å². The monoisotopic (exact) mass is 408 g/mol. The number of nitro benzene ring substituents is 1. The number of piperidine rings is 1. The number of hydrazone groups is 1. The van der Waals surface area contributed by atoms with Crippen LogP contribution in [-0.2, 0) is 11.3 Å². The number of non-ortho nitro benzene ring substituents is 1. The Hall–Kier alpha value is -3.51. The molecule has 1 fully saturated rings. The number of nitriles is 1. The minimum atomic E-state index is -0.419. The third-order valence-electron chi connectivity index (χ3n) is 4.93. The highest BCUT2D eigenvalue weighted by atomic mass is 16.6. The summed E-state index contributed by atoms with van der Waals surface area (Å²) in [5, 5.41) is 25.0. The number of pyridine rings is 1. The second-order valence-corrected chi connectivity index (χ2v) is 7.11. The van der Waals surface area contributed by atoms with Crippen LogP contribution < -0.4 is 10.3 Å². The lowest BCUT2D eigenvalue weighted by Crippen LogP contribution is -2.30. The average molecular weight is 408 g/mol. The van der Waals surface area contributed by atoms with E-state index in [2.05, 4.69) is 26.5 Å². The summed E-state index contributed by atoms with van der Waals surface area (Å²) in [6.07, 6.45) is 4.91. The molecule has 30 heavy (non-hydrogen) atoms. The lowest BCUT2D eigenvalue weighted by Gasteiger charge is -2.29. The predicted octanol–water partition coefficient (Wildman–Crippen LogP) is 3.75. The maximum atomic E-state index is 11.2. The molecule has 0 unspecified atom stereocenters. The van der Waals surface area contributed by atoms with E-state index < -0.39 is 4.92 Å². The van der Waals surface area contributed by atoms with Crippen LogP contribution in [-0.4, -0.2) is 36.3 Å². The van der Waals surface area contributed by atoms with Gasteiger partial charge in [0.25, 0.3) is 5.69 Å². The second-order valence-electron chi connectivity index (χ2n) is 7.11. The fourth-order valence-electron chi connectivity index (χ4n) is 3.56. The quantitative estimate of drug-likeness (QED) is 0.421. The minimum Gasteiger partial charge on any atom is -0.380 e. The molecule has 0 radical (unpaired) electrons. The molecule has 9 heteroatoms. The number of hydrogen-bond donors (Lipinski definition) is 1. The number of rotatable bonds is 7. The Morgan fingerprint density at radius 2 is 2.13 bits per heavy atom. The van der Waals surface area contributed by atoms with E-state index in [1.54, 1.807) is 19.2 Å². The van der Waals surface area contributed by atoms with Crippen molar-refractivity contribution in [2.24, 2.45) is 5.10 Å². The average Bonchev–Trinajstić information content (AvgIpc) is 2.74. The first-order valence-corrected chi connectivity index (χ1v) is 9.75. The summed E-state index contributed by atoms with van der Waals surface area (Å²) in [6, 6.07) is 8.73. The molecular weight excluding hydrogens is 384 g/mol. The summed E-state index contributed by atoms with van der Waals surface area (Å²) in [4.78, 5) is 17.4. The summed E-state index contributed by atoms with van der Waals surface area (Å²) in [5.41, 5.74) is 6.17. The molecule has 0 bridgehead atoms. The first kappa shape index (κ1) is 21.2. The van der Waals surface area contributed by atoms with E-state index in [0.717, 1.165) is 42.9 Å². The molecule has 0 amide bonds. The highest BCUT2D eigenvalue weighted by Crippen LogP contribution is 2.27. The number of methoxy groups -OCH3 is 1. The van der Waals surface area contributed by atoms with Crippen molar-refractivity contribution >= 4 is 23.4 Å². The van der Waals surface area contributed by atoms with E-state index in [1.807, 2.05) is 6.92 Å². The van der Waals surface area contributed by atoms with Gasteiger partial charge in [0.05, 0.1) is 17.7 Å². The first-order chi connectivity index (χ1) is 14.5. The van der Waals surface area contributed by atoms with E-state index in [4.69, 9.17) is 4.74 Å². The largest absolute Gasteiger partial charge is 0.380 e. The number of hydrogen-bond acceptors (Lipinski definition) is 8. The molecule has 2 aromatic rings. The normalized spacial score (nSPS) is 14.0. The molecule has 2 heterocycles. The highest BCUT2D eigenvalue weighted by Gasteiger charge is 2.17. The van der Waals surface area contributed by atoms with Gasteiger partial charge in [0.1, 0.15) is 11.6 Å². The third-order valence-corrected chi connectivity index (χ3v) is 4.93. The van der Waals surface area contributed by atoms with Gasteiger partial charge in [0.2, 0.25) is 0 Å². The smallest absolute Gasteiger partial charge is 0.270 e. The van der Waals surface area contributed by atoms with E-state index in [1.165, 1.54) is 24.8 Å². The SMILES string of the molecule is COCc1cc(C)nc(N/N=C/c2cc([N+](=O)[O-])ccc2N2CCCCC2)c1C#N. The molecule has 156 valence electrons. The number of benzene rings is 1. The molecule has 0 spiro atoms. The lowest BCUT2D eigenvalue weighted by atomic mass is 10.1. The number of aromatic nitrogens is 1. The van der Waals surface area contributed by atoms with Crippen LogP contribution in [0.5, 0.6) is 0 Å². The van der Waals surface area contributed by atoms with Crippen molar-refractivity contribution in [3.63, 3.8) is 0 Å². The summed E-state index contributed by atoms with van der Waals surface area (Å²) in [5.74, 6) is 0.325. The fraction of sp³-hybridized carbons (Fsp3) is 0.381. The predicted molar refractivity (Wildman–Crippen MR) is 115 cm³/mol. The van der Waals surface area contributed by atoms with Gasteiger partial charge in [-0.25, -0.2) is 4.98 Å². The van der Waals surface area contributed by atoms with Gasteiger partial charge in [-0.15, -0.1) is 0 Å². The fourth-order valence-corrected chi connectivity index (χ4v) is 3.56. The van der Waals surface area contributed by atoms with Crippen molar-refractivity contribution in [2.45, 2.75) is 32.8 Å². The Labute approximate surface area is 175 Å². The van der Waals surface area contributed by atoms with Gasteiger partial charge in [0, 0.05) is 54.8 Å². The van der Waals surface area contributed by atoms with Gasteiger partial charge < -0.3 is 9.64 Å². The Bertz CT molecular complexity index is 993. The molecule has 1 aromatic heterocycles. The summed E-state index contributed by atoms with van der Waals surface area (Å²) in [6.45, 7) is 3.92. The van der Waals surface area contributed by atoms with Crippen LogP contribution in [0.2, 0.25) is 0 Å². The van der Waals surface area contributed by atoms with E-state index in [9.17, 15) is 15.4 Å². The first-order valence-electron chi connectivity index (χ1n) is 9.75. The molecule has 1 saturated heterocycles. The number of nitro groups is 1. The van der Waals surface area contributed by atoms with E-state index >= 15 is 0 Å². The van der Waals surface area contributed by atoms with Crippen LogP contribution in [0.4, 0.5) is 17.2 Å². The zero-order valence-corrected chi connectivity index (χ0v) is 17.1. The molecule has 1 aliphatic rings. The van der Waals surface area contributed by atoms with E-state index in [0.29, 0.717) is 16.9 Å². The van der Waals surface area contributed by atoms with Crippen LogP contribution >= 0.6 is 0 Å². The second kappa shape index (κ2) is 9.80. The van der Waals surface area contributed by atoms with Crippen LogP contribution in [0.25, 0.3) is 0 Å². The Kier molecular flexibility index (Phi) is 6.93. The molecule has 1 aliphatic heterocycles. The summed E-state index contributed by atoms with van der Waals surface area (Å²) in [7, 11) is 1.56. The Morgan fingerprint density at radius 1 is 1.37 bits per heavy atom. The number of ether oxygens (including phenoxy) is 1. The molecule has 0 saturated carbocycles. The summed E-state index contributed by atoms with van der Waals surface area (Å²) < 4.78 is 5.16. The zero-order valence-electron chi connectivity index (χ0n) is 17.1. The van der Waals surface area contributed by atoms with Gasteiger partial charge in [-0.05, 0) is 38.3 Å². The molecule has 1 aromatic carbocycles. The van der Waals surface area contributed by atoms with Gasteiger partial charge in [-0.3, -0.25) is 15.5 Å². The van der Waals surface area contributed by atoms with Crippen LogP contribution in [0.3, 0.4) is 0 Å².